The van der Waals surface area contributed by atoms with E-state index in [0.29, 0.717) is 19.6 Å². The van der Waals surface area contributed by atoms with Crippen molar-refractivity contribution in [2.45, 2.75) is 24.3 Å². The van der Waals surface area contributed by atoms with E-state index in [1.54, 1.807) is 0 Å². The second kappa shape index (κ2) is 9.29. The average molecular weight is 391 g/mol. The van der Waals surface area contributed by atoms with Crippen LogP contribution in [0.3, 0.4) is 0 Å². The molecule has 144 valence electrons. The number of carbonyl (C=O) groups excluding carboxylic acids is 1. The Morgan fingerprint density at radius 3 is 2.44 bits per heavy atom. The van der Waals surface area contributed by atoms with E-state index in [0.717, 1.165) is 17.9 Å². The number of hydrogen-bond donors (Lipinski definition) is 2. The zero-order valence-electron chi connectivity index (χ0n) is 14.8. The molecule has 1 amide bonds. The van der Waals surface area contributed by atoms with E-state index in [1.807, 2.05) is 30.3 Å². The summed E-state index contributed by atoms with van der Waals surface area (Å²) in [5.41, 5.74) is 0.964. The van der Waals surface area contributed by atoms with E-state index in [2.05, 4.69) is 5.32 Å². The van der Waals surface area contributed by atoms with Crippen LogP contribution in [0.5, 0.6) is 0 Å². The summed E-state index contributed by atoms with van der Waals surface area (Å²) in [6.45, 7) is 0.854. The van der Waals surface area contributed by atoms with Crippen molar-refractivity contribution in [1.29, 1.82) is 0 Å². The molecule has 8 heteroatoms. The van der Waals surface area contributed by atoms with E-state index >= 15 is 0 Å². The molecule has 0 saturated heterocycles. The molecule has 0 saturated carbocycles. The van der Waals surface area contributed by atoms with Crippen molar-refractivity contribution >= 4 is 27.4 Å². The molecule has 27 heavy (non-hydrogen) atoms. The van der Waals surface area contributed by atoms with Gasteiger partial charge in [-0.15, -0.1) is 0 Å². The van der Waals surface area contributed by atoms with Crippen LogP contribution in [0.2, 0.25) is 0 Å². The Morgan fingerprint density at radius 1 is 1.11 bits per heavy atom. The molecule has 0 radical (unpaired) electrons. The zero-order chi connectivity index (χ0) is 19.9. The van der Waals surface area contributed by atoms with Crippen molar-refractivity contribution in [3.63, 3.8) is 0 Å². The summed E-state index contributed by atoms with van der Waals surface area (Å²) < 4.78 is 28.9. The van der Waals surface area contributed by atoms with Gasteiger partial charge in [-0.25, -0.2) is 13.2 Å². The van der Waals surface area contributed by atoms with Crippen LogP contribution >= 0.6 is 0 Å². The molecular weight excluding hydrogens is 370 g/mol. The first-order valence-corrected chi connectivity index (χ1v) is 10.1. The SMILES string of the molecule is CS(=O)(=O)c1cc(NC(=O)CCCOCc2ccccc2)cc(C(=O)O)c1. The van der Waals surface area contributed by atoms with Gasteiger partial charge in [-0.1, -0.05) is 30.3 Å². The fourth-order valence-electron chi connectivity index (χ4n) is 2.33. The molecule has 0 bridgehead atoms. The highest BCUT2D eigenvalue weighted by Gasteiger charge is 2.14. The minimum atomic E-state index is -3.60. The van der Waals surface area contributed by atoms with Gasteiger partial charge in [0.05, 0.1) is 17.1 Å². The molecule has 0 spiro atoms. The molecule has 0 aliphatic carbocycles. The van der Waals surface area contributed by atoms with Crippen LogP contribution in [0.4, 0.5) is 5.69 Å². The lowest BCUT2D eigenvalue weighted by Crippen LogP contribution is -2.14. The Kier molecular flexibility index (Phi) is 7.09. The molecule has 2 aromatic rings. The zero-order valence-corrected chi connectivity index (χ0v) is 15.7. The number of ether oxygens (including phenoxy) is 1. The molecule has 0 aliphatic heterocycles. The number of aromatic carboxylic acids is 1. The molecule has 2 aromatic carbocycles. The van der Waals surface area contributed by atoms with Crippen LogP contribution in [-0.2, 0) is 26.0 Å². The van der Waals surface area contributed by atoms with Crippen LogP contribution in [0.25, 0.3) is 0 Å². The third-order valence-electron chi connectivity index (χ3n) is 3.67. The number of anilines is 1. The summed E-state index contributed by atoms with van der Waals surface area (Å²) in [4.78, 5) is 23.0. The van der Waals surface area contributed by atoms with E-state index in [1.165, 1.54) is 12.1 Å². The maximum atomic E-state index is 12.0. The lowest BCUT2D eigenvalue weighted by atomic mass is 10.2. The highest BCUT2D eigenvalue weighted by atomic mass is 32.2. The van der Waals surface area contributed by atoms with Gasteiger partial charge in [-0.3, -0.25) is 4.79 Å². The number of amides is 1. The lowest BCUT2D eigenvalue weighted by molar-refractivity contribution is -0.116. The quantitative estimate of drug-likeness (QED) is 0.636. The molecular formula is C19H21NO6S. The minimum Gasteiger partial charge on any atom is -0.478 e. The summed E-state index contributed by atoms with van der Waals surface area (Å²) in [7, 11) is -3.60. The van der Waals surface area contributed by atoms with E-state index in [9.17, 15) is 18.0 Å². The topological polar surface area (TPSA) is 110 Å². The van der Waals surface area contributed by atoms with Crippen molar-refractivity contribution in [1.82, 2.24) is 0 Å². The number of benzene rings is 2. The van der Waals surface area contributed by atoms with Gasteiger partial charge in [0.25, 0.3) is 0 Å². The number of carboxylic acid groups (broad SMARTS) is 1. The Hall–Kier alpha value is -2.71. The van der Waals surface area contributed by atoms with Crippen LogP contribution in [0.1, 0.15) is 28.8 Å². The van der Waals surface area contributed by atoms with Crippen molar-refractivity contribution in [3.05, 3.63) is 59.7 Å². The molecule has 2 N–H and O–H groups in total. The molecule has 0 aliphatic rings. The molecule has 0 aromatic heterocycles. The third kappa shape index (κ3) is 6.84. The van der Waals surface area contributed by atoms with Gasteiger partial charge in [0.2, 0.25) is 5.91 Å². The Balaban J connectivity index is 1.87. The summed E-state index contributed by atoms with van der Waals surface area (Å²) in [6.07, 6.45) is 1.63. The van der Waals surface area contributed by atoms with Gasteiger partial charge < -0.3 is 15.2 Å². The summed E-state index contributed by atoms with van der Waals surface area (Å²) >= 11 is 0. The number of rotatable bonds is 9. The Labute approximate surface area is 157 Å². The number of carboxylic acids is 1. The number of nitrogens with one attached hydrogen (secondary N) is 1. The maximum Gasteiger partial charge on any atom is 0.335 e. The molecule has 0 atom stereocenters. The predicted molar refractivity (Wildman–Crippen MR) is 100 cm³/mol. The second-order valence-corrected chi connectivity index (χ2v) is 8.03. The summed E-state index contributed by atoms with van der Waals surface area (Å²) in [5.74, 6) is -1.62. The monoisotopic (exact) mass is 391 g/mol. The van der Waals surface area contributed by atoms with Crippen LogP contribution in [-0.4, -0.2) is 38.3 Å². The van der Waals surface area contributed by atoms with Gasteiger partial charge in [-0.05, 0) is 30.2 Å². The van der Waals surface area contributed by atoms with E-state index < -0.39 is 15.8 Å². The van der Waals surface area contributed by atoms with Crippen molar-refractivity contribution in [3.8, 4) is 0 Å². The molecule has 2 rings (SSSR count). The van der Waals surface area contributed by atoms with E-state index in [-0.39, 0.29) is 28.5 Å². The first-order chi connectivity index (χ1) is 12.8. The number of carbonyl (C=O) groups is 2. The number of hydrogen-bond acceptors (Lipinski definition) is 5. The fourth-order valence-corrected chi connectivity index (χ4v) is 3.01. The molecule has 0 unspecified atom stereocenters. The van der Waals surface area contributed by atoms with Gasteiger partial charge in [-0.2, -0.15) is 0 Å². The third-order valence-corrected chi connectivity index (χ3v) is 4.76. The average Bonchev–Trinajstić information content (AvgIpc) is 2.61. The van der Waals surface area contributed by atoms with Gasteiger partial charge in [0.15, 0.2) is 9.84 Å². The van der Waals surface area contributed by atoms with Crippen LogP contribution < -0.4 is 5.32 Å². The molecule has 7 nitrogen and oxygen atoms in total. The second-order valence-electron chi connectivity index (χ2n) is 6.01. The first-order valence-electron chi connectivity index (χ1n) is 8.25. The van der Waals surface area contributed by atoms with Crippen molar-refractivity contribution < 1.29 is 27.9 Å². The van der Waals surface area contributed by atoms with Gasteiger partial charge >= 0.3 is 5.97 Å². The highest BCUT2D eigenvalue weighted by Crippen LogP contribution is 2.19. The largest absolute Gasteiger partial charge is 0.478 e. The summed E-state index contributed by atoms with van der Waals surface area (Å²) in [5, 5.41) is 11.6. The van der Waals surface area contributed by atoms with Gasteiger partial charge in [0, 0.05) is 25.0 Å². The predicted octanol–water partition coefficient (Wildman–Crippen LogP) is 2.72. The Morgan fingerprint density at radius 2 is 1.81 bits per heavy atom. The van der Waals surface area contributed by atoms with E-state index in [4.69, 9.17) is 9.84 Å². The van der Waals surface area contributed by atoms with Gasteiger partial charge in [0.1, 0.15) is 0 Å². The maximum absolute atomic E-state index is 12.0. The van der Waals surface area contributed by atoms with Crippen molar-refractivity contribution in [2.75, 3.05) is 18.2 Å². The summed E-state index contributed by atoms with van der Waals surface area (Å²) in [6, 6.07) is 13.2. The molecule has 0 heterocycles. The van der Waals surface area contributed by atoms with Crippen LogP contribution in [0.15, 0.2) is 53.4 Å². The highest BCUT2D eigenvalue weighted by molar-refractivity contribution is 7.90. The minimum absolute atomic E-state index is 0.130. The molecule has 0 fully saturated rings. The normalized spacial score (nSPS) is 11.1. The number of sulfone groups is 1. The van der Waals surface area contributed by atoms with Crippen molar-refractivity contribution in [2.24, 2.45) is 0 Å². The fraction of sp³-hybridized carbons (Fsp3) is 0.263. The van der Waals surface area contributed by atoms with Crippen LogP contribution in [0, 0.1) is 0 Å². The lowest BCUT2D eigenvalue weighted by Gasteiger charge is -2.09. The first kappa shape index (κ1) is 20.6. The smallest absolute Gasteiger partial charge is 0.335 e. The standard InChI is InChI=1S/C19H21NO6S/c1-27(24,25)17-11-15(19(22)23)10-16(12-17)20-18(21)8-5-9-26-13-14-6-3-2-4-7-14/h2-4,6-7,10-12H,5,8-9,13H2,1H3,(H,20,21)(H,22,23). The Bertz CT molecular complexity index is 909.